The summed E-state index contributed by atoms with van der Waals surface area (Å²) < 4.78 is 5.85. The maximum absolute atomic E-state index is 5.85. The number of nitrogens with one attached hydrogen (secondary N) is 1. The van der Waals surface area contributed by atoms with Crippen molar-refractivity contribution in [2.45, 2.75) is 33.2 Å². The molecule has 0 aliphatic heterocycles. The second kappa shape index (κ2) is 7.59. The number of hydrogen-bond donors (Lipinski definition) is 1. The van der Waals surface area contributed by atoms with Crippen molar-refractivity contribution in [1.29, 1.82) is 0 Å². The van der Waals surface area contributed by atoms with Crippen LogP contribution in [0.3, 0.4) is 0 Å². The number of hydrogen-bond acceptors (Lipinski definition) is 2. The Hall–Kier alpha value is -1.96. The molecular formula is C18H23NO. The van der Waals surface area contributed by atoms with Crippen molar-refractivity contribution in [3.8, 4) is 5.75 Å². The van der Waals surface area contributed by atoms with Gasteiger partial charge in [0.05, 0.1) is 6.61 Å². The van der Waals surface area contributed by atoms with Crippen LogP contribution in [-0.2, 0) is 6.54 Å². The fourth-order valence-corrected chi connectivity index (χ4v) is 2.07. The Balaban J connectivity index is 1.98. The van der Waals surface area contributed by atoms with Crippen molar-refractivity contribution in [1.82, 2.24) is 0 Å². The number of benzene rings is 2. The summed E-state index contributed by atoms with van der Waals surface area (Å²) in [4.78, 5) is 0. The summed E-state index contributed by atoms with van der Waals surface area (Å²) in [7, 11) is 0. The fourth-order valence-electron chi connectivity index (χ4n) is 2.07. The monoisotopic (exact) mass is 269 g/mol. The maximum Gasteiger partial charge on any atom is 0.124 e. The molecular weight excluding hydrogens is 246 g/mol. The summed E-state index contributed by atoms with van der Waals surface area (Å²) in [5.74, 6) is 0.987. The van der Waals surface area contributed by atoms with Gasteiger partial charge >= 0.3 is 0 Å². The number of para-hydroxylation sites is 1. The van der Waals surface area contributed by atoms with E-state index >= 15 is 0 Å². The Labute approximate surface area is 121 Å². The molecule has 20 heavy (non-hydrogen) atoms. The Kier molecular flexibility index (Phi) is 5.48. The van der Waals surface area contributed by atoms with Gasteiger partial charge < -0.3 is 10.1 Å². The first kappa shape index (κ1) is 14.4. The molecule has 0 saturated carbocycles. The summed E-state index contributed by atoms with van der Waals surface area (Å²) in [6, 6.07) is 16.7. The van der Waals surface area contributed by atoms with Gasteiger partial charge in [0.15, 0.2) is 0 Å². The van der Waals surface area contributed by atoms with E-state index in [9.17, 15) is 0 Å². The van der Waals surface area contributed by atoms with Gasteiger partial charge in [0.2, 0.25) is 0 Å². The minimum absolute atomic E-state index is 0.783. The number of anilines is 1. The van der Waals surface area contributed by atoms with E-state index in [0.717, 1.165) is 37.4 Å². The molecule has 0 aromatic heterocycles. The number of ether oxygens (including phenoxy) is 1. The van der Waals surface area contributed by atoms with Crippen molar-refractivity contribution >= 4 is 5.69 Å². The molecule has 0 atom stereocenters. The zero-order valence-electron chi connectivity index (χ0n) is 12.4. The van der Waals surface area contributed by atoms with E-state index in [0.29, 0.717) is 0 Å². The Morgan fingerprint density at radius 2 is 1.90 bits per heavy atom. The van der Waals surface area contributed by atoms with Crippen LogP contribution in [-0.4, -0.2) is 6.61 Å². The average Bonchev–Trinajstić information content (AvgIpc) is 2.47. The fraction of sp³-hybridized carbons (Fsp3) is 0.333. The highest BCUT2D eigenvalue weighted by Gasteiger charge is 2.02. The van der Waals surface area contributed by atoms with Crippen molar-refractivity contribution in [2.75, 3.05) is 11.9 Å². The Bertz CT molecular complexity index is 536. The number of rotatable bonds is 7. The van der Waals surface area contributed by atoms with E-state index in [1.54, 1.807) is 0 Å². The van der Waals surface area contributed by atoms with E-state index in [1.165, 1.54) is 11.1 Å². The van der Waals surface area contributed by atoms with Gasteiger partial charge in [-0.1, -0.05) is 43.7 Å². The molecule has 2 heteroatoms. The van der Waals surface area contributed by atoms with E-state index in [4.69, 9.17) is 4.74 Å². The molecule has 0 aliphatic carbocycles. The standard InChI is InChI=1S/C18H23NO/c1-3-4-12-20-18-11-6-5-9-16(18)14-19-17-10-7-8-15(2)13-17/h5-11,13,19H,3-4,12,14H2,1-2H3. The smallest absolute Gasteiger partial charge is 0.124 e. The lowest BCUT2D eigenvalue weighted by Gasteiger charge is -2.13. The molecule has 0 fully saturated rings. The molecule has 0 bridgehead atoms. The molecule has 2 aromatic rings. The van der Waals surface area contributed by atoms with Crippen LogP contribution in [0.1, 0.15) is 30.9 Å². The van der Waals surface area contributed by atoms with Gasteiger partial charge in [-0.2, -0.15) is 0 Å². The second-order valence-corrected chi connectivity index (χ2v) is 5.03. The minimum atomic E-state index is 0.783. The van der Waals surface area contributed by atoms with Crippen LogP contribution < -0.4 is 10.1 Å². The minimum Gasteiger partial charge on any atom is -0.493 e. The molecule has 0 radical (unpaired) electrons. The van der Waals surface area contributed by atoms with Gasteiger partial charge in [0, 0.05) is 17.8 Å². The first-order chi connectivity index (χ1) is 9.79. The maximum atomic E-state index is 5.85. The van der Waals surface area contributed by atoms with Crippen LogP contribution >= 0.6 is 0 Å². The van der Waals surface area contributed by atoms with Gasteiger partial charge in [-0.05, 0) is 37.1 Å². The predicted molar refractivity (Wildman–Crippen MR) is 85.4 cm³/mol. The van der Waals surface area contributed by atoms with E-state index in [2.05, 4.69) is 55.6 Å². The van der Waals surface area contributed by atoms with Crippen molar-refractivity contribution in [3.05, 3.63) is 59.7 Å². The highest BCUT2D eigenvalue weighted by molar-refractivity contribution is 5.47. The van der Waals surface area contributed by atoms with Gasteiger partial charge in [0.1, 0.15) is 5.75 Å². The highest BCUT2D eigenvalue weighted by atomic mass is 16.5. The first-order valence-electron chi connectivity index (χ1n) is 7.31. The lowest BCUT2D eigenvalue weighted by atomic mass is 10.2. The van der Waals surface area contributed by atoms with Crippen LogP contribution in [0.2, 0.25) is 0 Å². The van der Waals surface area contributed by atoms with Gasteiger partial charge in [0.25, 0.3) is 0 Å². The highest BCUT2D eigenvalue weighted by Crippen LogP contribution is 2.20. The lowest BCUT2D eigenvalue weighted by molar-refractivity contribution is 0.306. The van der Waals surface area contributed by atoms with Crippen LogP contribution in [0.5, 0.6) is 5.75 Å². The topological polar surface area (TPSA) is 21.3 Å². The Morgan fingerprint density at radius 3 is 2.70 bits per heavy atom. The predicted octanol–water partition coefficient (Wildman–Crippen LogP) is 4.79. The van der Waals surface area contributed by atoms with Gasteiger partial charge in [-0.15, -0.1) is 0 Å². The average molecular weight is 269 g/mol. The molecule has 106 valence electrons. The molecule has 0 unspecified atom stereocenters. The number of unbranched alkanes of at least 4 members (excludes halogenated alkanes) is 1. The summed E-state index contributed by atoms with van der Waals surface area (Å²) in [5, 5.41) is 3.45. The molecule has 2 rings (SSSR count). The van der Waals surface area contributed by atoms with Crippen LogP contribution in [0.15, 0.2) is 48.5 Å². The van der Waals surface area contributed by atoms with Crippen molar-refractivity contribution in [3.63, 3.8) is 0 Å². The molecule has 0 aliphatic rings. The third kappa shape index (κ3) is 4.30. The molecule has 0 saturated heterocycles. The summed E-state index contributed by atoms with van der Waals surface area (Å²) in [5.41, 5.74) is 3.61. The molecule has 0 amide bonds. The Morgan fingerprint density at radius 1 is 1.05 bits per heavy atom. The zero-order chi connectivity index (χ0) is 14.2. The molecule has 0 heterocycles. The molecule has 0 spiro atoms. The van der Waals surface area contributed by atoms with Crippen LogP contribution in [0.25, 0.3) is 0 Å². The quantitative estimate of drug-likeness (QED) is 0.730. The normalized spacial score (nSPS) is 10.3. The third-order valence-electron chi connectivity index (χ3n) is 3.23. The summed E-state index contributed by atoms with van der Waals surface area (Å²) >= 11 is 0. The largest absolute Gasteiger partial charge is 0.493 e. The van der Waals surface area contributed by atoms with E-state index in [-0.39, 0.29) is 0 Å². The molecule has 2 aromatic carbocycles. The van der Waals surface area contributed by atoms with E-state index in [1.807, 2.05) is 12.1 Å². The SMILES string of the molecule is CCCCOc1ccccc1CNc1cccc(C)c1. The summed E-state index contributed by atoms with van der Waals surface area (Å²) in [6.45, 7) is 5.85. The molecule has 1 N–H and O–H groups in total. The van der Waals surface area contributed by atoms with Gasteiger partial charge in [-0.25, -0.2) is 0 Å². The third-order valence-corrected chi connectivity index (χ3v) is 3.23. The molecule has 2 nitrogen and oxygen atoms in total. The van der Waals surface area contributed by atoms with Crippen LogP contribution in [0, 0.1) is 6.92 Å². The van der Waals surface area contributed by atoms with Crippen molar-refractivity contribution in [2.24, 2.45) is 0 Å². The van der Waals surface area contributed by atoms with E-state index < -0.39 is 0 Å². The summed E-state index contributed by atoms with van der Waals surface area (Å²) in [6.07, 6.45) is 2.25. The number of aryl methyl sites for hydroxylation is 1. The first-order valence-corrected chi connectivity index (χ1v) is 7.31. The van der Waals surface area contributed by atoms with Gasteiger partial charge in [-0.3, -0.25) is 0 Å². The van der Waals surface area contributed by atoms with Crippen molar-refractivity contribution < 1.29 is 4.74 Å². The lowest BCUT2D eigenvalue weighted by Crippen LogP contribution is -2.04. The second-order valence-electron chi connectivity index (χ2n) is 5.03. The van der Waals surface area contributed by atoms with Crippen LogP contribution in [0.4, 0.5) is 5.69 Å². The zero-order valence-corrected chi connectivity index (χ0v) is 12.4.